The van der Waals surface area contributed by atoms with Crippen molar-refractivity contribution in [3.05, 3.63) is 0 Å². The van der Waals surface area contributed by atoms with Crippen molar-refractivity contribution in [1.29, 1.82) is 0 Å². The van der Waals surface area contributed by atoms with Crippen molar-refractivity contribution in [2.45, 2.75) is 39.7 Å². The third-order valence-corrected chi connectivity index (χ3v) is 2.23. The highest BCUT2D eigenvalue weighted by atomic mass is 16.2. The van der Waals surface area contributed by atoms with Gasteiger partial charge in [-0.25, -0.2) is 0 Å². The molecule has 0 saturated heterocycles. The topological polar surface area (TPSA) is 70.2 Å². The minimum Gasteiger partial charge on any atom is -0.354 e. The third kappa shape index (κ3) is 8.23. The Labute approximate surface area is 97.4 Å². The van der Waals surface area contributed by atoms with Crippen LogP contribution in [0.2, 0.25) is 0 Å². The molecule has 0 aromatic carbocycles. The lowest BCUT2D eigenvalue weighted by Crippen LogP contribution is -2.38. The number of carbonyl (C=O) groups is 2. The lowest BCUT2D eigenvalue weighted by Gasteiger charge is -2.11. The van der Waals surface area contributed by atoms with Gasteiger partial charge in [0.15, 0.2) is 0 Å². The van der Waals surface area contributed by atoms with E-state index in [2.05, 4.69) is 16.0 Å². The van der Waals surface area contributed by atoms with Crippen LogP contribution < -0.4 is 16.0 Å². The highest BCUT2D eigenvalue weighted by molar-refractivity contribution is 5.80. The molecule has 1 unspecified atom stereocenters. The quantitative estimate of drug-likeness (QED) is 0.549. The minimum absolute atomic E-state index is 0.0156. The summed E-state index contributed by atoms with van der Waals surface area (Å²) >= 11 is 0. The van der Waals surface area contributed by atoms with Crippen LogP contribution in [0.3, 0.4) is 0 Å². The number of hydrogen-bond donors (Lipinski definition) is 3. The minimum atomic E-state index is -0.0711. The lowest BCUT2D eigenvalue weighted by atomic mass is 10.2. The molecule has 0 rings (SSSR count). The van der Waals surface area contributed by atoms with E-state index in [1.165, 1.54) is 0 Å². The summed E-state index contributed by atoms with van der Waals surface area (Å²) in [6.45, 7) is 7.38. The first-order valence-electron chi connectivity index (χ1n) is 5.86. The molecule has 0 heterocycles. The second kappa shape index (κ2) is 9.15. The van der Waals surface area contributed by atoms with Crippen molar-refractivity contribution in [2.75, 3.05) is 19.6 Å². The summed E-state index contributed by atoms with van der Waals surface area (Å²) in [4.78, 5) is 22.5. The van der Waals surface area contributed by atoms with E-state index in [1.54, 1.807) is 0 Å². The molecule has 2 amide bonds. The average molecular weight is 229 g/mol. The van der Waals surface area contributed by atoms with Gasteiger partial charge in [0.25, 0.3) is 0 Å². The largest absolute Gasteiger partial charge is 0.354 e. The molecule has 0 aliphatic heterocycles. The third-order valence-electron chi connectivity index (χ3n) is 2.23. The molecule has 0 saturated carbocycles. The molecule has 94 valence electrons. The average Bonchev–Trinajstić information content (AvgIpc) is 2.26. The van der Waals surface area contributed by atoms with Gasteiger partial charge in [-0.1, -0.05) is 13.8 Å². The summed E-state index contributed by atoms with van der Waals surface area (Å²) < 4.78 is 0. The maximum atomic E-state index is 11.3. The number of rotatable bonds is 8. The summed E-state index contributed by atoms with van der Waals surface area (Å²) in [5.74, 6) is -0.0868. The molecule has 0 spiro atoms. The molecular formula is C11H23N3O2. The van der Waals surface area contributed by atoms with Crippen molar-refractivity contribution in [2.24, 2.45) is 0 Å². The molecule has 16 heavy (non-hydrogen) atoms. The zero-order valence-electron chi connectivity index (χ0n) is 10.4. The predicted octanol–water partition coefficient (Wildman–Crippen LogP) is 0.0169. The maximum absolute atomic E-state index is 11.3. The van der Waals surface area contributed by atoms with Crippen LogP contribution in [-0.2, 0) is 9.59 Å². The summed E-state index contributed by atoms with van der Waals surface area (Å²) in [5.41, 5.74) is 0. The zero-order chi connectivity index (χ0) is 12.4. The summed E-state index contributed by atoms with van der Waals surface area (Å²) in [7, 11) is 0. The Balaban J connectivity index is 3.50. The van der Waals surface area contributed by atoms with Crippen LogP contribution in [0.4, 0.5) is 0 Å². The molecule has 3 N–H and O–H groups in total. The van der Waals surface area contributed by atoms with Gasteiger partial charge in [0, 0.05) is 19.0 Å². The second-order valence-corrected chi connectivity index (χ2v) is 3.76. The van der Waals surface area contributed by atoms with Crippen LogP contribution >= 0.6 is 0 Å². The lowest BCUT2D eigenvalue weighted by molar-refractivity contribution is -0.122. The van der Waals surface area contributed by atoms with Gasteiger partial charge in [0.2, 0.25) is 11.8 Å². The summed E-state index contributed by atoms with van der Waals surface area (Å²) in [6.07, 6.45) is 1.25. The van der Waals surface area contributed by atoms with Crippen molar-refractivity contribution in [3.8, 4) is 0 Å². The fraction of sp³-hybridized carbons (Fsp3) is 0.818. The molecule has 0 aliphatic carbocycles. The smallest absolute Gasteiger partial charge is 0.233 e. The number of hydrogen-bond acceptors (Lipinski definition) is 3. The normalized spacial score (nSPS) is 11.9. The van der Waals surface area contributed by atoms with Crippen LogP contribution in [0.15, 0.2) is 0 Å². The van der Waals surface area contributed by atoms with E-state index in [9.17, 15) is 9.59 Å². The number of nitrogens with one attached hydrogen (secondary N) is 3. The standard InChI is InChI=1S/C11H23N3O2/c1-4-9(3)14-10(15)6-7-13-11(16)8-12-5-2/h9,12H,4-8H2,1-3H3,(H,13,16)(H,14,15). The molecule has 0 aliphatic rings. The van der Waals surface area contributed by atoms with Crippen molar-refractivity contribution in [3.63, 3.8) is 0 Å². The fourth-order valence-electron chi connectivity index (χ4n) is 1.07. The van der Waals surface area contributed by atoms with E-state index < -0.39 is 0 Å². The Morgan fingerprint density at radius 1 is 1.19 bits per heavy atom. The molecule has 5 heteroatoms. The SMILES string of the molecule is CCNCC(=O)NCCC(=O)NC(C)CC. The molecule has 1 atom stereocenters. The molecule has 0 fully saturated rings. The maximum Gasteiger partial charge on any atom is 0.233 e. The molecule has 0 bridgehead atoms. The molecule has 0 radical (unpaired) electrons. The van der Waals surface area contributed by atoms with E-state index in [4.69, 9.17) is 0 Å². The Morgan fingerprint density at radius 3 is 2.44 bits per heavy atom. The molecule has 0 aromatic rings. The Kier molecular flexibility index (Phi) is 8.52. The van der Waals surface area contributed by atoms with E-state index in [0.29, 0.717) is 19.5 Å². The molecular weight excluding hydrogens is 206 g/mol. The summed E-state index contributed by atoms with van der Waals surface area (Å²) in [6, 6.07) is 0.199. The Bertz CT molecular complexity index is 219. The first kappa shape index (κ1) is 14.9. The van der Waals surface area contributed by atoms with E-state index >= 15 is 0 Å². The van der Waals surface area contributed by atoms with Crippen LogP contribution in [0.25, 0.3) is 0 Å². The second-order valence-electron chi connectivity index (χ2n) is 3.76. The van der Waals surface area contributed by atoms with Gasteiger partial charge >= 0.3 is 0 Å². The van der Waals surface area contributed by atoms with Gasteiger partial charge < -0.3 is 16.0 Å². The zero-order valence-corrected chi connectivity index (χ0v) is 10.4. The van der Waals surface area contributed by atoms with Crippen molar-refractivity contribution < 1.29 is 9.59 Å². The number of carbonyl (C=O) groups excluding carboxylic acids is 2. The van der Waals surface area contributed by atoms with Crippen molar-refractivity contribution in [1.82, 2.24) is 16.0 Å². The van der Waals surface area contributed by atoms with Gasteiger partial charge in [0.1, 0.15) is 0 Å². The Morgan fingerprint density at radius 2 is 1.88 bits per heavy atom. The first-order valence-corrected chi connectivity index (χ1v) is 5.86. The number of amides is 2. The van der Waals surface area contributed by atoms with Gasteiger partial charge in [-0.2, -0.15) is 0 Å². The van der Waals surface area contributed by atoms with E-state index in [0.717, 1.165) is 13.0 Å². The van der Waals surface area contributed by atoms with E-state index in [-0.39, 0.29) is 17.9 Å². The van der Waals surface area contributed by atoms with Crippen LogP contribution in [0, 0.1) is 0 Å². The monoisotopic (exact) mass is 229 g/mol. The van der Waals surface area contributed by atoms with Gasteiger partial charge in [-0.3, -0.25) is 9.59 Å². The highest BCUT2D eigenvalue weighted by Gasteiger charge is 2.05. The van der Waals surface area contributed by atoms with Gasteiger partial charge in [-0.15, -0.1) is 0 Å². The van der Waals surface area contributed by atoms with Crippen LogP contribution in [-0.4, -0.2) is 37.5 Å². The Hall–Kier alpha value is -1.10. The first-order chi connectivity index (χ1) is 7.60. The fourth-order valence-corrected chi connectivity index (χ4v) is 1.07. The van der Waals surface area contributed by atoms with Crippen LogP contribution in [0.5, 0.6) is 0 Å². The molecule has 5 nitrogen and oxygen atoms in total. The summed E-state index contributed by atoms with van der Waals surface area (Å²) in [5, 5.41) is 8.43. The van der Waals surface area contributed by atoms with Gasteiger partial charge in [0.05, 0.1) is 6.54 Å². The van der Waals surface area contributed by atoms with Crippen LogP contribution in [0.1, 0.15) is 33.6 Å². The van der Waals surface area contributed by atoms with Gasteiger partial charge in [-0.05, 0) is 19.9 Å². The number of likely N-dealkylation sites (N-methyl/N-ethyl adjacent to an activating group) is 1. The predicted molar refractivity (Wildman–Crippen MR) is 64.1 cm³/mol. The van der Waals surface area contributed by atoms with Crippen molar-refractivity contribution >= 4 is 11.8 Å². The molecule has 0 aromatic heterocycles. The highest BCUT2D eigenvalue weighted by Crippen LogP contribution is 1.88. The van der Waals surface area contributed by atoms with E-state index in [1.807, 2.05) is 20.8 Å².